The number of ether oxygens (including phenoxy) is 1. The van der Waals surface area contributed by atoms with Gasteiger partial charge in [0.2, 0.25) is 0 Å². The number of likely N-dealkylation sites (tertiary alicyclic amines) is 1. The van der Waals surface area contributed by atoms with Crippen LogP contribution in [0.4, 0.5) is 4.79 Å². The first-order valence-corrected chi connectivity index (χ1v) is 9.60. The Labute approximate surface area is 158 Å². The van der Waals surface area contributed by atoms with Gasteiger partial charge in [-0.05, 0) is 50.8 Å². The monoisotopic (exact) mass is 375 g/mol. The lowest BCUT2D eigenvalue weighted by atomic mass is 10.2. The lowest BCUT2D eigenvalue weighted by Crippen LogP contribution is -2.41. The highest BCUT2D eigenvalue weighted by molar-refractivity contribution is 7.12. The van der Waals surface area contributed by atoms with E-state index in [-0.39, 0.29) is 18.0 Å². The Morgan fingerprint density at radius 3 is 2.62 bits per heavy atom. The predicted molar refractivity (Wildman–Crippen MR) is 102 cm³/mol. The van der Waals surface area contributed by atoms with Crippen LogP contribution in [0.5, 0.6) is 0 Å². The molecule has 3 heterocycles. The Balaban J connectivity index is 1.67. The van der Waals surface area contributed by atoms with Gasteiger partial charge < -0.3 is 19.1 Å². The fourth-order valence-electron chi connectivity index (χ4n) is 3.04. The minimum Gasteiger partial charge on any atom is -0.444 e. The molecular formula is C19H25N3O3S. The first-order valence-electron chi connectivity index (χ1n) is 8.72. The minimum atomic E-state index is -0.514. The zero-order chi connectivity index (χ0) is 18.9. The van der Waals surface area contributed by atoms with Crippen LogP contribution in [0.2, 0.25) is 0 Å². The molecule has 1 saturated heterocycles. The Bertz CT molecular complexity index is 776. The summed E-state index contributed by atoms with van der Waals surface area (Å²) in [4.78, 5) is 29.4. The number of carbonyl (C=O) groups excluding carboxylic acids is 2. The molecule has 0 radical (unpaired) electrons. The van der Waals surface area contributed by atoms with Gasteiger partial charge in [0, 0.05) is 32.5 Å². The first kappa shape index (κ1) is 18.5. The van der Waals surface area contributed by atoms with Crippen molar-refractivity contribution in [3.63, 3.8) is 0 Å². The van der Waals surface area contributed by atoms with Crippen LogP contribution >= 0.6 is 11.3 Å². The number of likely N-dealkylation sites (N-methyl/N-ethyl adjacent to an activating group) is 1. The molecule has 2 amide bonds. The van der Waals surface area contributed by atoms with Gasteiger partial charge in [0.05, 0.1) is 11.7 Å². The fourth-order valence-corrected chi connectivity index (χ4v) is 3.91. The summed E-state index contributed by atoms with van der Waals surface area (Å²) in [5, 5.41) is 1.93. The average molecular weight is 375 g/mol. The standard InChI is InChI=1S/C19H25N3O3S/c1-19(2,3)25-18(24)22-11-7-14(13-22)20(4)17(23)16-15(8-12-26-16)21-9-5-6-10-21/h5-6,8-10,12,14H,7,11,13H2,1-4H3. The molecule has 2 aromatic rings. The normalized spacial score (nSPS) is 17.4. The zero-order valence-electron chi connectivity index (χ0n) is 15.6. The fraction of sp³-hybridized carbons (Fsp3) is 0.474. The topological polar surface area (TPSA) is 54.8 Å². The van der Waals surface area contributed by atoms with Gasteiger partial charge in [0.15, 0.2) is 0 Å². The summed E-state index contributed by atoms with van der Waals surface area (Å²) in [5.74, 6) is -0.0141. The number of rotatable bonds is 3. The molecule has 0 aromatic carbocycles. The van der Waals surface area contributed by atoms with E-state index < -0.39 is 5.60 Å². The second kappa shape index (κ2) is 7.15. The molecule has 1 unspecified atom stereocenters. The summed E-state index contributed by atoms with van der Waals surface area (Å²) in [6.45, 7) is 6.67. The van der Waals surface area contributed by atoms with E-state index in [1.54, 1.807) is 9.80 Å². The van der Waals surface area contributed by atoms with E-state index in [4.69, 9.17) is 4.74 Å². The summed E-state index contributed by atoms with van der Waals surface area (Å²) in [5.41, 5.74) is 0.373. The number of nitrogens with zero attached hydrogens (tertiary/aromatic N) is 3. The molecule has 0 N–H and O–H groups in total. The van der Waals surface area contributed by atoms with Crippen molar-refractivity contribution in [3.8, 4) is 5.69 Å². The van der Waals surface area contributed by atoms with Gasteiger partial charge in [-0.3, -0.25) is 4.79 Å². The molecule has 0 bridgehead atoms. The molecule has 7 heteroatoms. The SMILES string of the molecule is CN(C(=O)c1sccc1-n1cccc1)C1CCN(C(=O)OC(C)(C)C)C1. The molecule has 0 aliphatic carbocycles. The number of carbonyl (C=O) groups is 2. The zero-order valence-corrected chi connectivity index (χ0v) is 16.5. The molecule has 6 nitrogen and oxygen atoms in total. The molecule has 0 spiro atoms. The summed E-state index contributed by atoms with van der Waals surface area (Å²) >= 11 is 1.44. The third kappa shape index (κ3) is 3.93. The van der Waals surface area contributed by atoms with Gasteiger partial charge >= 0.3 is 6.09 Å². The highest BCUT2D eigenvalue weighted by Crippen LogP contribution is 2.25. The van der Waals surface area contributed by atoms with Gasteiger partial charge in [-0.1, -0.05) is 0 Å². The Morgan fingerprint density at radius 1 is 1.27 bits per heavy atom. The van der Waals surface area contributed by atoms with E-state index in [9.17, 15) is 9.59 Å². The van der Waals surface area contributed by atoms with Gasteiger partial charge in [-0.25, -0.2) is 4.79 Å². The van der Waals surface area contributed by atoms with Crippen LogP contribution in [0, 0.1) is 0 Å². The molecule has 1 aliphatic heterocycles. The van der Waals surface area contributed by atoms with Crippen LogP contribution < -0.4 is 0 Å². The maximum atomic E-state index is 13.0. The van der Waals surface area contributed by atoms with Crippen molar-refractivity contribution < 1.29 is 14.3 Å². The number of thiophene rings is 1. The van der Waals surface area contributed by atoms with Crippen molar-refractivity contribution in [2.75, 3.05) is 20.1 Å². The Kier molecular flexibility index (Phi) is 5.09. The lowest BCUT2D eigenvalue weighted by Gasteiger charge is -2.26. The van der Waals surface area contributed by atoms with Crippen LogP contribution in [-0.2, 0) is 4.74 Å². The van der Waals surface area contributed by atoms with Crippen LogP contribution in [0.25, 0.3) is 5.69 Å². The van der Waals surface area contributed by atoms with E-state index in [0.717, 1.165) is 12.1 Å². The molecule has 3 rings (SSSR count). The Hall–Kier alpha value is -2.28. The van der Waals surface area contributed by atoms with Crippen molar-refractivity contribution in [2.45, 2.75) is 38.8 Å². The van der Waals surface area contributed by atoms with Gasteiger partial charge in [-0.2, -0.15) is 0 Å². The van der Waals surface area contributed by atoms with E-state index in [1.165, 1.54) is 11.3 Å². The number of amides is 2. The molecule has 26 heavy (non-hydrogen) atoms. The van der Waals surface area contributed by atoms with Gasteiger partial charge in [-0.15, -0.1) is 11.3 Å². The van der Waals surface area contributed by atoms with Crippen molar-refractivity contribution in [1.29, 1.82) is 0 Å². The molecule has 1 aliphatic rings. The molecule has 1 fully saturated rings. The lowest BCUT2D eigenvalue weighted by molar-refractivity contribution is 0.0279. The summed E-state index contributed by atoms with van der Waals surface area (Å²) in [6.07, 6.45) is 4.30. The van der Waals surface area contributed by atoms with Gasteiger partial charge in [0.1, 0.15) is 10.5 Å². The molecule has 1 atom stereocenters. The van der Waals surface area contributed by atoms with Crippen LogP contribution in [-0.4, -0.2) is 58.1 Å². The summed E-state index contributed by atoms with van der Waals surface area (Å²) in [6, 6.07) is 5.82. The second-order valence-corrected chi connectivity index (χ2v) is 8.43. The largest absolute Gasteiger partial charge is 0.444 e. The van der Waals surface area contributed by atoms with Crippen molar-refractivity contribution in [3.05, 3.63) is 40.8 Å². The molecule has 140 valence electrons. The number of hydrogen-bond acceptors (Lipinski definition) is 4. The second-order valence-electron chi connectivity index (χ2n) is 7.51. The average Bonchev–Trinajstić information content (AvgIpc) is 3.31. The van der Waals surface area contributed by atoms with E-state index in [2.05, 4.69) is 0 Å². The van der Waals surface area contributed by atoms with E-state index >= 15 is 0 Å². The third-order valence-corrected chi connectivity index (χ3v) is 5.30. The van der Waals surface area contributed by atoms with E-state index in [0.29, 0.717) is 18.0 Å². The predicted octanol–water partition coefficient (Wildman–Crippen LogP) is 3.62. The smallest absolute Gasteiger partial charge is 0.410 e. The Morgan fingerprint density at radius 2 is 1.96 bits per heavy atom. The number of aromatic nitrogens is 1. The van der Waals surface area contributed by atoms with Crippen molar-refractivity contribution >= 4 is 23.3 Å². The molecule has 2 aromatic heterocycles. The van der Waals surface area contributed by atoms with E-state index in [1.807, 2.05) is 68.4 Å². The maximum absolute atomic E-state index is 13.0. The summed E-state index contributed by atoms with van der Waals surface area (Å²) < 4.78 is 7.38. The van der Waals surface area contributed by atoms with Crippen LogP contribution in [0.3, 0.4) is 0 Å². The number of hydrogen-bond donors (Lipinski definition) is 0. The van der Waals surface area contributed by atoms with Gasteiger partial charge in [0.25, 0.3) is 5.91 Å². The molecular weight excluding hydrogens is 350 g/mol. The first-order chi connectivity index (χ1) is 12.3. The van der Waals surface area contributed by atoms with Crippen molar-refractivity contribution in [2.24, 2.45) is 0 Å². The minimum absolute atomic E-state index is 0.00497. The summed E-state index contributed by atoms with van der Waals surface area (Å²) in [7, 11) is 1.81. The van der Waals surface area contributed by atoms with Crippen molar-refractivity contribution in [1.82, 2.24) is 14.4 Å². The molecule has 0 saturated carbocycles. The van der Waals surface area contributed by atoms with Crippen LogP contribution in [0.15, 0.2) is 36.0 Å². The highest BCUT2D eigenvalue weighted by Gasteiger charge is 2.34. The maximum Gasteiger partial charge on any atom is 0.410 e. The quantitative estimate of drug-likeness (QED) is 0.823. The van der Waals surface area contributed by atoms with Crippen LogP contribution in [0.1, 0.15) is 36.9 Å². The third-order valence-electron chi connectivity index (χ3n) is 4.40. The highest BCUT2D eigenvalue weighted by atomic mass is 32.1.